The zero-order chi connectivity index (χ0) is 34.4. The number of fused-ring (bicyclic) bond motifs is 10. The Kier molecular flexibility index (Phi) is 15.1. The Morgan fingerprint density at radius 2 is 1.02 bits per heavy atom. The fourth-order valence-corrected chi connectivity index (χ4v) is 8.24. The number of nitrogens with one attached hydrogen (secondary N) is 2. The molecule has 0 aliphatic carbocycles. The van der Waals surface area contributed by atoms with Crippen LogP contribution in [0.3, 0.4) is 0 Å². The molecular weight excluding hydrogens is 711 g/mol. The molecule has 5 rings (SSSR count). The Labute approximate surface area is 310 Å². The van der Waals surface area contributed by atoms with Gasteiger partial charge in [0.25, 0.3) is 0 Å². The van der Waals surface area contributed by atoms with E-state index in [-0.39, 0.29) is 0 Å². The van der Waals surface area contributed by atoms with E-state index in [0.717, 1.165) is 59.5 Å². The third-order valence-electron chi connectivity index (χ3n) is 10.3. The van der Waals surface area contributed by atoms with Gasteiger partial charge < -0.3 is 9.97 Å². The Hall–Kier alpha value is -2.67. The van der Waals surface area contributed by atoms with Crippen LogP contribution >= 0.6 is 22.6 Å². The lowest BCUT2D eigenvalue weighted by molar-refractivity contribution is 0.668. The molecular formula is C44H61IN4. The summed E-state index contributed by atoms with van der Waals surface area (Å²) in [4.78, 5) is 18.4. The molecule has 0 amide bonds. The number of aromatic nitrogens is 4. The quantitative estimate of drug-likeness (QED) is 0.0888. The molecule has 0 fully saturated rings. The minimum atomic E-state index is 1.07. The number of halogens is 1. The van der Waals surface area contributed by atoms with Gasteiger partial charge in [-0.15, -0.1) is 0 Å². The largest absolute Gasteiger partial charge is 0.354 e. The summed E-state index contributed by atoms with van der Waals surface area (Å²) in [5.41, 5.74) is 14.6. The number of nitrogens with zero attached hydrogens (tertiary/aromatic N) is 2. The predicted molar refractivity (Wildman–Crippen MR) is 223 cm³/mol. The number of hydrogen-bond donors (Lipinski definition) is 2. The number of aromatic amines is 2. The van der Waals surface area contributed by atoms with Crippen LogP contribution in [-0.4, -0.2) is 19.9 Å². The van der Waals surface area contributed by atoms with E-state index < -0.39 is 0 Å². The Morgan fingerprint density at radius 3 is 1.61 bits per heavy atom. The molecule has 3 aromatic heterocycles. The van der Waals surface area contributed by atoms with Gasteiger partial charge in [-0.1, -0.05) is 105 Å². The molecule has 0 aromatic carbocycles. The fourth-order valence-electron chi connectivity index (χ4n) is 7.29. The minimum absolute atomic E-state index is 1.07. The van der Waals surface area contributed by atoms with Crippen molar-refractivity contribution in [3.8, 4) is 0 Å². The van der Waals surface area contributed by atoms with Crippen molar-refractivity contribution in [2.75, 3.05) is 0 Å². The van der Waals surface area contributed by atoms with Crippen LogP contribution in [0, 0.1) is 0 Å². The fraction of sp³-hybridized carbons (Fsp3) is 0.545. The second kappa shape index (κ2) is 19.7. The van der Waals surface area contributed by atoms with Crippen LogP contribution in [0.4, 0.5) is 0 Å². The van der Waals surface area contributed by atoms with E-state index in [1.807, 2.05) is 0 Å². The van der Waals surface area contributed by atoms with Crippen molar-refractivity contribution in [3.05, 3.63) is 70.3 Å². The van der Waals surface area contributed by atoms with Gasteiger partial charge in [0.05, 0.1) is 28.1 Å². The molecule has 0 saturated heterocycles. The maximum atomic E-state index is 5.38. The van der Waals surface area contributed by atoms with Gasteiger partial charge in [-0.3, -0.25) is 0 Å². The lowest BCUT2D eigenvalue weighted by Crippen LogP contribution is -1.85. The van der Waals surface area contributed by atoms with E-state index >= 15 is 0 Å². The van der Waals surface area contributed by atoms with Gasteiger partial charge in [0.1, 0.15) is 5.69 Å². The molecule has 2 N–H and O–H groups in total. The van der Waals surface area contributed by atoms with Crippen LogP contribution in [0.1, 0.15) is 177 Å². The zero-order valence-corrected chi connectivity index (χ0v) is 33.1. The molecule has 8 bridgehead atoms. The number of unbranched alkanes of at least 4 members (excludes halogenated alkanes) is 12. The zero-order valence-electron chi connectivity index (χ0n) is 31.0. The topological polar surface area (TPSA) is 57.4 Å². The summed E-state index contributed by atoms with van der Waals surface area (Å²) in [7, 11) is 0. The van der Waals surface area contributed by atoms with Gasteiger partial charge in [-0.25, -0.2) is 9.97 Å². The molecule has 5 heterocycles. The number of rotatable bonds is 20. The minimum Gasteiger partial charge on any atom is -0.354 e. The van der Waals surface area contributed by atoms with Gasteiger partial charge in [-0.05, 0) is 139 Å². The van der Waals surface area contributed by atoms with E-state index in [1.54, 1.807) is 0 Å². The van der Waals surface area contributed by atoms with Gasteiger partial charge >= 0.3 is 0 Å². The van der Waals surface area contributed by atoms with Crippen molar-refractivity contribution in [2.45, 2.75) is 156 Å². The maximum absolute atomic E-state index is 5.38. The highest BCUT2D eigenvalue weighted by atomic mass is 127. The van der Waals surface area contributed by atoms with Crippen molar-refractivity contribution in [2.24, 2.45) is 0 Å². The van der Waals surface area contributed by atoms with Crippen molar-refractivity contribution >= 4 is 65.5 Å². The molecule has 2 aliphatic rings. The van der Waals surface area contributed by atoms with E-state index in [0.29, 0.717) is 0 Å². The first-order chi connectivity index (χ1) is 24.1. The van der Waals surface area contributed by atoms with Crippen LogP contribution in [0.5, 0.6) is 0 Å². The van der Waals surface area contributed by atoms with Gasteiger partial charge in [0.15, 0.2) is 0 Å². The van der Waals surface area contributed by atoms with Gasteiger partial charge in [0.2, 0.25) is 0 Å². The molecule has 0 saturated carbocycles. The summed E-state index contributed by atoms with van der Waals surface area (Å²) in [6, 6.07) is 13.9. The summed E-state index contributed by atoms with van der Waals surface area (Å²) in [5.74, 6) is 0. The maximum Gasteiger partial charge on any atom is 0.101 e. The second-order valence-corrected chi connectivity index (χ2v) is 15.4. The van der Waals surface area contributed by atoms with Crippen LogP contribution in [0.25, 0.3) is 42.9 Å². The molecule has 49 heavy (non-hydrogen) atoms. The summed E-state index contributed by atoms with van der Waals surface area (Å²) in [5, 5.41) is 0. The second-order valence-electron chi connectivity index (χ2n) is 14.3. The number of H-pyrrole nitrogens is 2. The highest BCUT2D eigenvalue weighted by Crippen LogP contribution is 2.40. The van der Waals surface area contributed by atoms with Crippen LogP contribution in [0.2, 0.25) is 0 Å². The molecule has 4 nitrogen and oxygen atoms in total. The van der Waals surface area contributed by atoms with E-state index in [9.17, 15) is 0 Å². The van der Waals surface area contributed by atoms with Gasteiger partial charge in [0, 0.05) is 14.6 Å². The highest BCUT2D eigenvalue weighted by Gasteiger charge is 2.20. The van der Waals surface area contributed by atoms with Crippen molar-refractivity contribution in [3.63, 3.8) is 0 Å². The predicted octanol–water partition coefficient (Wildman–Crippen LogP) is 14.3. The average Bonchev–Trinajstić information content (AvgIpc) is 3.88. The molecule has 0 radical (unpaired) electrons. The first kappa shape index (κ1) is 37.6. The van der Waals surface area contributed by atoms with Crippen LogP contribution in [-0.2, 0) is 12.8 Å². The van der Waals surface area contributed by atoms with Gasteiger partial charge in [-0.2, -0.15) is 0 Å². The van der Waals surface area contributed by atoms with E-state index in [2.05, 4.69) is 103 Å². The molecule has 0 atom stereocenters. The third-order valence-corrected chi connectivity index (χ3v) is 11.5. The Morgan fingerprint density at radius 1 is 0.510 bits per heavy atom. The van der Waals surface area contributed by atoms with Crippen LogP contribution in [0.15, 0.2) is 36.4 Å². The van der Waals surface area contributed by atoms with Crippen LogP contribution < -0.4 is 0 Å². The van der Waals surface area contributed by atoms with Crippen molar-refractivity contribution < 1.29 is 0 Å². The molecule has 2 aliphatic heterocycles. The number of allylic oxidation sites excluding steroid dienone is 2. The Bertz CT molecular complexity index is 1740. The van der Waals surface area contributed by atoms with Crippen molar-refractivity contribution in [1.29, 1.82) is 0 Å². The number of aryl methyl sites for hydroxylation is 2. The standard InChI is InChI=1S/C44H61IN4/c1-5-9-13-17-21-32-29-40-41-30-33(22-18-14-10-6-2)37(47-41)27-28-39-35(24-20-16-12-8-4)43(45)44(49-39)42-31-34(23-19-15-11-7-3)38(48-42)26-25-36(32)46-40/h25-31,47-48H,5-24H2,1-4H3. The third kappa shape index (κ3) is 10.2. The normalized spacial score (nSPS) is 13.0. The summed E-state index contributed by atoms with van der Waals surface area (Å²) < 4.78 is 1.30. The molecule has 3 aromatic rings. The summed E-state index contributed by atoms with van der Waals surface area (Å²) >= 11 is 2.58. The monoisotopic (exact) mass is 772 g/mol. The van der Waals surface area contributed by atoms with E-state index in [4.69, 9.17) is 9.97 Å². The average molecular weight is 773 g/mol. The first-order valence-corrected chi connectivity index (χ1v) is 21.0. The van der Waals surface area contributed by atoms with Crippen molar-refractivity contribution in [1.82, 2.24) is 19.9 Å². The Balaban J connectivity index is 1.68. The highest BCUT2D eigenvalue weighted by molar-refractivity contribution is 14.1. The first-order valence-electron chi connectivity index (χ1n) is 19.9. The summed E-state index contributed by atoms with van der Waals surface area (Å²) in [6.45, 7) is 9.16. The lowest BCUT2D eigenvalue weighted by atomic mass is 10.0. The SMILES string of the molecule is CCCCCCC1=Cc2nc1ccc1[nH]c(cc1CCCCCC)c1nc(ccc3[nH]c2cc3CCCCCC)C(CCCCCC)=C1I. The molecule has 5 heteroatoms. The number of hydrogen-bond acceptors (Lipinski definition) is 2. The van der Waals surface area contributed by atoms with E-state index in [1.165, 1.54) is 140 Å². The summed E-state index contributed by atoms with van der Waals surface area (Å²) in [6.07, 6.45) is 26.8. The molecule has 0 unspecified atom stereocenters. The smallest absolute Gasteiger partial charge is 0.101 e. The molecule has 264 valence electrons. The molecule has 0 spiro atoms. The lowest BCUT2D eigenvalue weighted by Gasteiger charge is -2.03.